The number of alkyl halides is 3. The average Bonchev–Trinajstić information content (AvgIpc) is 3.69. The molecule has 2 N–H and O–H groups in total. The van der Waals surface area contributed by atoms with E-state index in [9.17, 15) is 18.0 Å². The first-order valence-electron chi connectivity index (χ1n) is 12.4. The largest absolute Gasteiger partial charge is 0.416 e. The highest BCUT2D eigenvalue weighted by Crippen LogP contribution is 2.45. The van der Waals surface area contributed by atoms with Gasteiger partial charge in [0.25, 0.3) is 5.91 Å². The summed E-state index contributed by atoms with van der Waals surface area (Å²) in [5.74, 6) is 0.391. The minimum Gasteiger partial charge on any atom is -0.322 e. The van der Waals surface area contributed by atoms with Gasteiger partial charge in [-0.05, 0) is 77.9 Å². The highest BCUT2D eigenvalue weighted by atomic mass is 19.4. The van der Waals surface area contributed by atoms with Gasteiger partial charge in [-0.2, -0.15) is 18.3 Å². The number of halogens is 3. The molecule has 1 amide bonds. The van der Waals surface area contributed by atoms with E-state index in [0.717, 1.165) is 58.3 Å². The molecule has 0 spiro atoms. The summed E-state index contributed by atoms with van der Waals surface area (Å²) in [7, 11) is 1.83. The lowest BCUT2D eigenvalue weighted by molar-refractivity contribution is -0.137. The molecule has 1 aliphatic carbocycles. The second-order valence-corrected chi connectivity index (χ2v) is 9.60. The van der Waals surface area contributed by atoms with Gasteiger partial charge in [0.1, 0.15) is 0 Å². The molecule has 0 saturated heterocycles. The monoisotopic (exact) mass is 528 g/mol. The Morgan fingerprint density at radius 3 is 2.59 bits per heavy atom. The maximum atomic E-state index is 13.1. The molecule has 10 heteroatoms. The van der Waals surface area contributed by atoms with E-state index < -0.39 is 17.6 Å². The molecule has 7 nitrogen and oxygen atoms in total. The van der Waals surface area contributed by atoms with E-state index in [1.165, 1.54) is 12.1 Å². The van der Waals surface area contributed by atoms with Crippen molar-refractivity contribution in [2.75, 3.05) is 10.6 Å². The van der Waals surface area contributed by atoms with Crippen LogP contribution in [-0.2, 0) is 13.2 Å². The molecule has 0 atom stereocenters. The fourth-order valence-corrected chi connectivity index (χ4v) is 4.55. The summed E-state index contributed by atoms with van der Waals surface area (Å²) in [5, 5.41) is 10.7. The summed E-state index contributed by atoms with van der Waals surface area (Å²) < 4.78 is 41.0. The summed E-state index contributed by atoms with van der Waals surface area (Å²) >= 11 is 0. The Labute approximate surface area is 221 Å². The number of carbonyl (C=O) groups is 1. The van der Waals surface area contributed by atoms with Crippen molar-refractivity contribution in [3.63, 3.8) is 0 Å². The van der Waals surface area contributed by atoms with Crippen molar-refractivity contribution in [1.29, 1.82) is 0 Å². The van der Waals surface area contributed by atoms with E-state index >= 15 is 0 Å². The zero-order chi connectivity index (χ0) is 27.1. The van der Waals surface area contributed by atoms with Crippen molar-refractivity contribution >= 4 is 34.1 Å². The fraction of sp³-hybridized carbons (Fsp3) is 0.172. The second-order valence-electron chi connectivity index (χ2n) is 9.60. The Morgan fingerprint density at radius 1 is 1.00 bits per heavy atom. The molecule has 1 fully saturated rings. The third-order valence-corrected chi connectivity index (χ3v) is 6.63. The van der Waals surface area contributed by atoms with Crippen LogP contribution in [0.2, 0.25) is 0 Å². The first-order chi connectivity index (χ1) is 18.7. The van der Waals surface area contributed by atoms with Gasteiger partial charge in [-0.1, -0.05) is 18.2 Å². The third-order valence-electron chi connectivity index (χ3n) is 6.63. The minimum atomic E-state index is -4.49. The number of fused-ring (bicyclic) bond motifs is 1. The van der Waals surface area contributed by atoms with Gasteiger partial charge in [-0.3, -0.25) is 9.48 Å². The van der Waals surface area contributed by atoms with Crippen LogP contribution in [0.3, 0.4) is 0 Å². The molecule has 0 unspecified atom stereocenters. The predicted octanol–water partition coefficient (Wildman–Crippen LogP) is 6.92. The lowest BCUT2D eigenvalue weighted by Crippen LogP contribution is -2.13. The number of carbonyl (C=O) groups excluding carboxylic acids is 1. The van der Waals surface area contributed by atoms with E-state index in [2.05, 4.69) is 25.7 Å². The summed E-state index contributed by atoms with van der Waals surface area (Å²) in [4.78, 5) is 22.1. The van der Waals surface area contributed by atoms with Crippen molar-refractivity contribution in [3.05, 3.63) is 95.9 Å². The molecule has 1 aliphatic rings. The smallest absolute Gasteiger partial charge is 0.322 e. The molecule has 5 aromatic rings. The zero-order valence-corrected chi connectivity index (χ0v) is 20.8. The van der Waals surface area contributed by atoms with Crippen molar-refractivity contribution < 1.29 is 18.0 Å². The van der Waals surface area contributed by atoms with Crippen LogP contribution in [0.25, 0.3) is 22.0 Å². The van der Waals surface area contributed by atoms with Gasteiger partial charge < -0.3 is 10.6 Å². The van der Waals surface area contributed by atoms with Crippen LogP contribution in [0, 0.1) is 0 Å². The van der Waals surface area contributed by atoms with Crippen LogP contribution in [0.1, 0.15) is 40.2 Å². The quantitative estimate of drug-likeness (QED) is 0.250. The fourth-order valence-electron chi connectivity index (χ4n) is 4.55. The van der Waals surface area contributed by atoms with Gasteiger partial charge in [-0.25, -0.2) is 9.97 Å². The first kappa shape index (κ1) is 24.6. The molecule has 1 saturated carbocycles. The van der Waals surface area contributed by atoms with E-state index in [1.807, 2.05) is 37.5 Å². The van der Waals surface area contributed by atoms with Gasteiger partial charge in [0.15, 0.2) is 0 Å². The van der Waals surface area contributed by atoms with Crippen molar-refractivity contribution in [3.8, 4) is 11.1 Å². The standard InChI is InChI=1S/C29H23F3N6O/c1-38-16-23(15-34-38)36-28-33-14-20-11-18(8-10-26(20)37-28)25-12-19(7-9-24(25)17-5-6-17)27(39)35-22-4-2-3-21(13-22)29(30,31)32/h2-4,7-17H,5-6H2,1H3,(H,35,39)(H,33,36,37). The van der Waals surface area contributed by atoms with Gasteiger partial charge >= 0.3 is 6.18 Å². The molecule has 0 bridgehead atoms. The highest BCUT2D eigenvalue weighted by Gasteiger charge is 2.31. The Hall–Kier alpha value is -4.73. The normalized spacial score (nSPS) is 13.4. The molecular weight excluding hydrogens is 505 g/mol. The summed E-state index contributed by atoms with van der Waals surface area (Å²) in [6.45, 7) is 0. The van der Waals surface area contributed by atoms with Gasteiger partial charge in [0.2, 0.25) is 5.95 Å². The predicted molar refractivity (Wildman–Crippen MR) is 143 cm³/mol. The molecule has 2 heterocycles. The second kappa shape index (κ2) is 9.54. The Bertz CT molecular complexity index is 1710. The maximum absolute atomic E-state index is 13.1. The van der Waals surface area contributed by atoms with Gasteiger partial charge in [-0.15, -0.1) is 0 Å². The third kappa shape index (κ3) is 5.31. The molecule has 2 aromatic heterocycles. The number of aromatic nitrogens is 4. The topological polar surface area (TPSA) is 84.7 Å². The number of nitrogens with zero attached hydrogens (tertiary/aromatic N) is 4. The van der Waals surface area contributed by atoms with Crippen LogP contribution >= 0.6 is 0 Å². The maximum Gasteiger partial charge on any atom is 0.416 e. The highest BCUT2D eigenvalue weighted by molar-refractivity contribution is 6.05. The zero-order valence-electron chi connectivity index (χ0n) is 20.8. The summed E-state index contributed by atoms with van der Waals surface area (Å²) in [6.07, 6.45) is 2.91. The molecule has 0 radical (unpaired) electrons. The van der Waals surface area contributed by atoms with Crippen LogP contribution in [-0.4, -0.2) is 25.7 Å². The number of aryl methyl sites for hydroxylation is 1. The van der Waals surface area contributed by atoms with E-state index in [0.29, 0.717) is 17.4 Å². The van der Waals surface area contributed by atoms with E-state index in [4.69, 9.17) is 0 Å². The number of hydrogen-bond acceptors (Lipinski definition) is 5. The number of hydrogen-bond donors (Lipinski definition) is 2. The Balaban J connectivity index is 1.29. The lowest BCUT2D eigenvalue weighted by Gasteiger charge is -2.14. The molecule has 39 heavy (non-hydrogen) atoms. The molecular formula is C29H23F3N6O. The number of benzene rings is 3. The Kier molecular flexibility index (Phi) is 6.02. The van der Waals surface area contributed by atoms with Crippen molar-refractivity contribution in [1.82, 2.24) is 19.7 Å². The summed E-state index contributed by atoms with van der Waals surface area (Å²) in [5.41, 5.74) is 4.13. The van der Waals surface area contributed by atoms with Crippen LogP contribution < -0.4 is 10.6 Å². The van der Waals surface area contributed by atoms with Crippen molar-refractivity contribution in [2.24, 2.45) is 7.05 Å². The number of nitrogens with one attached hydrogen (secondary N) is 2. The number of rotatable bonds is 6. The van der Waals surface area contributed by atoms with Crippen molar-refractivity contribution in [2.45, 2.75) is 24.9 Å². The molecule has 6 rings (SSSR count). The number of anilines is 3. The SMILES string of the molecule is Cn1cc(Nc2ncc3cc(-c4cc(C(=O)Nc5cccc(C(F)(F)F)c5)ccc4C4CC4)ccc3n2)cn1. The van der Waals surface area contributed by atoms with Crippen LogP contribution in [0.15, 0.2) is 79.3 Å². The van der Waals surface area contributed by atoms with E-state index in [1.54, 1.807) is 29.2 Å². The minimum absolute atomic E-state index is 0.0844. The van der Waals surface area contributed by atoms with Gasteiger partial charge in [0.05, 0.1) is 23.0 Å². The van der Waals surface area contributed by atoms with Crippen LogP contribution in [0.4, 0.5) is 30.5 Å². The van der Waals surface area contributed by atoms with Gasteiger partial charge in [0, 0.05) is 36.1 Å². The number of amides is 1. The first-order valence-corrected chi connectivity index (χ1v) is 12.4. The lowest BCUT2D eigenvalue weighted by atomic mass is 9.93. The molecule has 196 valence electrons. The molecule has 3 aromatic carbocycles. The summed E-state index contributed by atoms with van der Waals surface area (Å²) in [6, 6.07) is 15.9. The molecule has 0 aliphatic heterocycles. The van der Waals surface area contributed by atoms with Crippen LogP contribution in [0.5, 0.6) is 0 Å². The average molecular weight is 529 g/mol. The van der Waals surface area contributed by atoms with E-state index in [-0.39, 0.29) is 5.69 Å². The Morgan fingerprint density at radius 2 is 1.85 bits per heavy atom.